The van der Waals surface area contributed by atoms with Gasteiger partial charge in [-0.25, -0.2) is 4.98 Å². The lowest BCUT2D eigenvalue weighted by Gasteiger charge is -2.35. The summed E-state index contributed by atoms with van der Waals surface area (Å²) in [4.78, 5) is 28.7. The van der Waals surface area contributed by atoms with E-state index in [1.807, 2.05) is 0 Å². The number of nitrogens with two attached hydrogens (primary N) is 1. The molecule has 0 radical (unpaired) electrons. The van der Waals surface area contributed by atoms with Crippen molar-refractivity contribution in [2.75, 3.05) is 12.3 Å². The van der Waals surface area contributed by atoms with E-state index in [-0.39, 0.29) is 29.0 Å². The van der Waals surface area contributed by atoms with Crippen LogP contribution in [0.1, 0.15) is 49.4 Å². The van der Waals surface area contributed by atoms with Crippen molar-refractivity contribution in [3.8, 4) is 0 Å². The van der Waals surface area contributed by atoms with E-state index in [1.165, 1.54) is 6.07 Å². The normalized spacial score (nSPS) is 18.5. The highest BCUT2D eigenvalue weighted by Crippen LogP contribution is 2.27. The molecule has 1 aromatic heterocycles. The number of hydrogen-bond donors (Lipinski definition) is 1. The van der Waals surface area contributed by atoms with Gasteiger partial charge >= 0.3 is 0 Å². The molecule has 0 spiro atoms. The summed E-state index contributed by atoms with van der Waals surface area (Å²) in [6.45, 7) is 2.72. The second kappa shape index (κ2) is 6.51. The number of likely N-dealkylation sites (tertiary alicyclic amines) is 1. The molecule has 1 saturated heterocycles. The number of rotatable bonds is 4. The van der Waals surface area contributed by atoms with Gasteiger partial charge in [0, 0.05) is 12.6 Å². The van der Waals surface area contributed by atoms with Crippen LogP contribution in [0.15, 0.2) is 12.3 Å². The molecule has 1 atom stereocenters. The van der Waals surface area contributed by atoms with Gasteiger partial charge in [-0.15, -0.1) is 0 Å². The standard InChI is InChI=1S/C14H20N4O3/c1-2-5-10-6-3-4-7-17(10)14(19)11-8-13(15)16-9-12(11)18(20)21/h8-10H,2-7H2,1H3,(H2,15,16). The summed E-state index contributed by atoms with van der Waals surface area (Å²) >= 11 is 0. The summed E-state index contributed by atoms with van der Waals surface area (Å²) in [6.07, 6.45) is 5.93. The van der Waals surface area contributed by atoms with Crippen molar-refractivity contribution in [3.63, 3.8) is 0 Å². The molecule has 0 bridgehead atoms. The van der Waals surface area contributed by atoms with Gasteiger partial charge in [0.1, 0.15) is 17.6 Å². The summed E-state index contributed by atoms with van der Waals surface area (Å²) < 4.78 is 0. The van der Waals surface area contributed by atoms with Gasteiger partial charge in [0.15, 0.2) is 0 Å². The number of nitrogens with zero attached hydrogens (tertiary/aromatic N) is 3. The summed E-state index contributed by atoms with van der Waals surface area (Å²) in [5.41, 5.74) is 5.34. The van der Waals surface area contributed by atoms with Crippen molar-refractivity contribution in [2.45, 2.75) is 45.1 Å². The van der Waals surface area contributed by atoms with Gasteiger partial charge in [-0.2, -0.15) is 0 Å². The van der Waals surface area contributed by atoms with Crippen molar-refractivity contribution in [1.82, 2.24) is 9.88 Å². The van der Waals surface area contributed by atoms with Crippen LogP contribution >= 0.6 is 0 Å². The lowest BCUT2D eigenvalue weighted by atomic mass is 9.97. The first-order valence-corrected chi connectivity index (χ1v) is 7.25. The average molecular weight is 292 g/mol. The van der Waals surface area contributed by atoms with Crippen molar-refractivity contribution in [3.05, 3.63) is 27.9 Å². The molecule has 2 heterocycles. The molecule has 1 fully saturated rings. The number of aromatic nitrogens is 1. The van der Waals surface area contributed by atoms with Crippen LogP contribution in [0, 0.1) is 10.1 Å². The minimum absolute atomic E-state index is 0.0375. The zero-order valence-electron chi connectivity index (χ0n) is 12.1. The fourth-order valence-corrected chi connectivity index (χ4v) is 2.84. The molecule has 1 unspecified atom stereocenters. The van der Waals surface area contributed by atoms with Crippen LogP contribution in [0.3, 0.4) is 0 Å². The van der Waals surface area contributed by atoms with Crippen LogP contribution in [0.4, 0.5) is 11.5 Å². The Balaban J connectivity index is 2.33. The Hall–Kier alpha value is -2.18. The monoisotopic (exact) mass is 292 g/mol. The summed E-state index contributed by atoms with van der Waals surface area (Å²) in [6, 6.07) is 1.46. The van der Waals surface area contributed by atoms with Crippen molar-refractivity contribution < 1.29 is 9.72 Å². The number of carbonyl (C=O) groups is 1. The summed E-state index contributed by atoms with van der Waals surface area (Å²) in [5.74, 6) is -0.193. The SMILES string of the molecule is CCCC1CCCCN1C(=O)c1cc(N)ncc1[N+](=O)[O-]. The van der Waals surface area contributed by atoms with E-state index in [9.17, 15) is 14.9 Å². The smallest absolute Gasteiger partial charge is 0.300 e. The highest BCUT2D eigenvalue weighted by molar-refractivity contribution is 5.98. The van der Waals surface area contributed by atoms with Crippen LogP contribution in [-0.4, -0.2) is 33.3 Å². The zero-order chi connectivity index (χ0) is 15.4. The Bertz CT molecular complexity index is 545. The fourth-order valence-electron chi connectivity index (χ4n) is 2.84. The Morgan fingerprint density at radius 2 is 2.33 bits per heavy atom. The van der Waals surface area contributed by atoms with E-state index >= 15 is 0 Å². The van der Waals surface area contributed by atoms with Crippen molar-refractivity contribution >= 4 is 17.4 Å². The second-order valence-corrected chi connectivity index (χ2v) is 5.32. The van der Waals surface area contributed by atoms with Gasteiger partial charge in [-0.1, -0.05) is 13.3 Å². The summed E-state index contributed by atoms with van der Waals surface area (Å²) in [7, 11) is 0. The van der Waals surface area contributed by atoms with Gasteiger partial charge in [0.05, 0.1) is 4.92 Å². The molecular weight excluding hydrogens is 272 g/mol. The molecule has 21 heavy (non-hydrogen) atoms. The number of nitro groups is 1. The van der Waals surface area contributed by atoms with E-state index in [2.05, 4.69) is 11.9 Å². The number of anilines is 1. The van der Waals surface area contributed by atoms with E-state index < -0.39 is 4.92 Å². The third-order valence-electron chi connectivity index (χ3n) is 3.84. The Labute approximate surface area is 123 Å². The van der Waals surface area contributed by atoms with Crippen LogP contribution in [0.5, 0.6) is 0 Å². The molecule has 7 nitrogen and oxygen atoms in total. The van der Waals surface area contributed by atoms with Crippen LogP contribution < -0.4 is 5.73 Å². The molecule has 1 amide bonds. The van der Waals surface area contributed by atoms with E-state index in [1.54, 1.807) is 4.90 Å². The van der Waals surface area contributed by atoms with Crippen LogP contribution in [0.25, 0.3) is 0 Å². The Kier molecular flexibility index (Phi) is 4.72. The van der Waals surface area contributed by atoms with Gasteiger partial charge in [-0.05, 0) is 31.7 Å². The Morgan fingerprint density at radius 3 is 3.00 bits per heavy atom. The number of nitrogen functional groups attached to an aromatic ring is 1. The van der Waals surface area contributed by atoms with Gasteiger partial charge in [0.2, 0.25) is 0 Å². The number of pyridine rings is 1. The van der Waals surface area contributed by atoms with Crippen LogP contribution in [-0.2, 0) is 0 Å². The van der Waals surface area contributed by atoms with E-state index in [0.29, 0.717) is 6.54 Å². The minimum Gasteiger partial charge on any atom is -0.384 e. The van der Waals surface area contributed by atoms with Crippen LogP contribution in [0.2, 0.25) is 0 Å². The van der Waals surface area contributed by atoms with Crippen molar-refractivity contribution in [1.29, 1.82) is 0 Å². The third kappa shape index (κ3) is 3.29. The second-order valence-electron chi connectivity index (χ2n) is 5.32. The molecule has 2 rings (SSSR count). The summed E-state index contributed by atoms with van der Waals surface area (Å²) in [5, 5.41) is 11.1. The predicted octanol–water partition coefficient (Wildman–Crippen LogP) is 2.37. The molecule has 114 valence electrons. The first-order valence-electron chi connectivity index (χ1n) is 7.25. The lowest BCUT2D eigenvalue weighted by Crippen LogP contribution is -2.43. The maximum atomic E-state index is 12.7. The molecule has 7 heteroatoms. The fraction of sp³-hybridized carbons (Fsp3) is 0.571. The predicted molar refractivity (Wildman–Crippen MR) is 78.9 cm³/mol. The molecule has 2 N–H and O–H groups in total. The minimum atomic E-state index is -0.585. The lowest BCUT2D eigenvalue weighted by molar-refractivity contribution is -0.385. The molecule has 0 saturated carbocycles. The highest BCUT2D eigenvalue weighted by atomic mass is 16.6. The highest BCUT2D eigenvalue weighted by Gasteiger charge is 2.31. The molecule has 1 aliphatic heterocycles. The number of piperidine rings is 1. The number of carbonyl (C=O) groups excluding carboxylic acids is 1. The molecule has 1 aliphatic rings. The third-order valence-corrected chi connectivity index (χ3v) is 3.84. The number of amides is 1. The quantitative estimate of drug-likeness (QED) is 0.678. The maximum Gasteiger partial charge on any atom is 0.300 e. The molecule has 0 aliphatic carbocycles. The average Bonchev–Trinajstić information content (AvgIpc) is 2.47. The zero-order valence-corrected chi connectivity index (χ0v) is 12.1. The topological polar surface area (TPSA) is 102 Å². The molecule has 0 aromatic carbocycles. The van der Waals surface area contributed by atoms with Gasteiger partial charge < -0.3 is 10.6 Å². The number of hydrogen-bond acceptors (Lipinski definition) is 5. The van der Waals surface area contributed by atoms with Gasteiger partial charge in [-0.3, -0.25) is 14.9 Å². The van der Waals surface area contributed by atoms with Crippen molar-refractivity contribution in [2.24, 2.45) is 0 Å². The van der Waals surface area contributed by atoms with E-state index in [0.717, 1.165) is 38.3 Å². The van der Waals surface area contributed by atoms with Gasteiger partial charge in [0.25, 0.3) is 11.6 Å². The maximum absolute atomic E-state index is 12.7. The molecule has 1 aromatic rings. The first-order chi connectivity index (χ1) is 10.0. The Morgan fingerprint density at radius 1 is 1.57 bits per heavy atom. The largest absolute Gasteiger partial charge is 0.384 e. The van der Waals surface area contributed by atoms with E-state index in [4.69, 9.17) is 5.73 Å². The molecular formula is C14H20N4O3. The first kappa shape index (κ1) is 15.2.